The maximum Gasteiger partial charge on any atom is 0.233 e. The minimum Gasteiger partial charge on any atom is -0.355 e. The van der Waals surface area contributed by atoms with E-state index in [-0.39, 0.29) is 11.2 Å². The third kappa shape index (κ3) is 3.75. The van der Waals surface area contributed by atoms with Crippen LogP contribution in [0.15, 0.2) is 5.03 Å². The summed E-state index contributed by atoms with van der Waals surface area (Å²) in [5, 5.41) is 5.05. The van der Waals surface area contributed by atoms with Crippen LogP contribution in [0.1, 0.15) is 49.9 Å². The number of hydrogen-bond acceptors (Lipinski definition) is 5. The third-order valence-corrected chi connectivity index (χ3v) is 6.51. The van der Waals surface area contributed by atoms with Crippen LogP contribution in [0.3, 0.4) is 0 Å². The molecule has 0 bridgehead atoms. The van der Waals surface area contributed by atoms with Gasteiger partial charge in [-0.1, -0.05) is 25.6 Å². The van der Waals surface area contributed by atoms with Gasteiger partial charge >= 0.3 is 0 Å². The van der Waals surface area contributed by atoms with Crippen molar-refractivity contribution in [3.8, 4) is 0 Å². The number of thiophene rings is 1. The van der Waals surface area contributed by atoms with Crippen LogP contribution >= 0.6 is 23.1 Å². The molecule has 1 amide bonds. The zero-order valence-corrected chi connectivity index (χ0v) is 16.4. The first-order chi connectivity index (χ1) is 11.5. The topological polar surface area (TPSA) is 54.9 Å². The molecule has 130 valence electrons. The Kier molecular flexibility index (Phi) is 5.45. The summed E-state index contributed by atoms with van der Waals surface area (Å²) in [6, 6.07) is 0. The lowest BCUT2D eigenvalue weighted by molar-refractivity contribution is -0.120. The van der Waals surface area contributed by atoms with Crippen molar-refractivity contribution in [2.75, 3.05) is 6.54 Å². The summed E-state index contributed by atoms with van der Waals surface area (Å²) >= 11 is 3.38. The zero-order chi connectivity index (χ0) is 17.3. The minimum atomic E-state index is -0.152. The summed E-state index contributed by atoms with van der Waals surface area (Å²) in [4.78, 5) is 24.2. The number of fused-ring (bicyclic) bond motifs is 3. The van der Waals surface area contributed by atoms with Crippen LogP contribution < -0.4 is 5.32 Å². The van der Waals surface area contributed by atoms with E-state index in [1.54, 1.807) is 11.8 Å². The van der Waals surface area contributed by atoms with Gasteiger partial charge in [-0.15, -0.1) is 11.3 Å². The van der Waals surface area contributed by atoms with Crippen LogP contribution in [-0.4, -0.2) is 27.7 Å². The summed E-state index contributed by atoms with van der Waals surface area (Å²) in [6.45, 7) is 8.82. The van der Waals surface area contributed by atoms with Gasteiger partial charge in [0.15, 0.2) is 0 Å². The van der Waals surface area contributed by atoms with Crippen molar-refractivity contribution in [1.82, 2.24) is 15.3 Å². The van der Waals surface area contributed by atoms with Gasteiger partial charge in [-0.2, -0.15) is 0 Å². The zero-order valence-electron chi connectivity index (χ0n) is 14.8. The quantitative estimate of drug-likeness (QED) is 0.641. The van der Waals surface area contributed by atoms with E-state index in [0.717, 1.165) is 35.1 Å². The second kappa shape index (κ2) is 7.40. The van der Waals surface area contributed by atoms with Gasteiger partial charge < -0.3 is 5.32 Å². The Morgan fingerprint density at radius 1 is 1.25 bits per heavy atom. The number of nitrogens with one attached hydrogen (secondary N) is 1. The maximum atomic E-state index is 12.3. The Morgan fingerprint density at radius 3 is 2.75 bits per heavy atom. The number of aromatic nitrogens is 2. The lowest BCUT2D eigenvalue weighted by atomic mass is 9.97. The summed E-state index contributed by atoms with van der Waals surface area (Å²) in [5.74, 6) is 1.34. The van der Waals surface area contributed by atoms with Gasteiger partial charge in [0.25, 0.3) is 0 Å². The molecule has 4 nitrogen and oxygen atoms in total. The number of hydrogen-bond donors (Lipinski definition) is 1. The van der Waals surface area contributed by atoms with Crippen LogP contribution in [0.25, 0.3) is 10.2 Å². The Balaban J connectivity index is 1.88. The van der Waals surface area contributed by atoms with Crippen LogP contribution in [0.4, 0.5) is 0 Å². The molecule has 0 unspecified atom stereocenters. The predicted octanol–water partition coefficient (Wildman–Crippen LogP) is 4.13. The normalized spacial score (nSPS) is 15.5. The third-order valence-electron chi connectivity index (χ3n) is 4.24. The molecule has 2 heterocycles. The Hall–Kier alpha value is -1.14. The molecule has 1 atom stereocenters. The summed E-state index contributed by atoms with van der Waals surface area (Å²) in [6.07, 6.45) is 4.77. The SMILES string of the molecule is Cc1nc(S[C@H](C)C(=O)NCC(C)C)c2c3c(sc2n1)CCCC3. The lowest BCUT2D eigenvalue weighted by Gasteiger charge is -2.15. The van der Waals surface area contributed by atoms with Crippen molar-refractivity contribution < 1.29 is 4.79 Å². The van der Waals surface area contributed by atoms with Crippen LogP contribution in [0.5, 0.6) is 0 Å². The fourth-order valence-electron chi connectivity index (χ4n) is 2.98. The Labute approximate surface area is 151 Å². The van der Waals surface area contributed by atoms with E-state index in [2.05, 4.69) is 29.1 Å². The molecule has 2 aromatic heterocycles. The van der Waals surface area contributed by atoms with Crippen LogP contribution in [0, 0.1) is 12.8 Å². The smallest absolute Gasteiger partial charge is 0.233 e. The van der Waals surface area contributed by atoms with Gasteiger partial charge in [0, 0.05) is 16.8 Å². The molecular formula is C18H25N3OS2. The van der Waals surface area contributed by atoms with Gasteiger partial charge in [0.2, 0.25) is 5.91 Å². The highest BCUT2D eigenvalue weighted by Gasteiger charge is 2.23. The van der Waals surface area contributed by atoms with E-state index in [4.69, 9.17) is 0 Å². The molecule has 6 heteroatoms. The maximum absolute atomic E-state index is 12.3. The first-order valence-corrected chi connectivity index (χ1v) is 10.4. The molecule has 2 aromatic rings. The van der Waals surface area contributed by atoms with Gasteiger partial charge in [-0.25, -0.2) is 9.97 Å². The number of carbonyl (C=O) groups excluding carboxylic acids is 1. The van der Waals surface area contributed by atoms with E-state index in [1.165, 1.54) is 28.7 Å². The highest BCUT2D eigenvalue weighted by atomic mass is 32.2. The molecule has 1 aliphatic carbocycles. The molecule has 1 aliphatic rings. The monoisotopic (exact) mass is 363 g/mol. The fourth-order valence-corrected chi connectivity index (χ4v) is 5.40. The Bertz CT molecular complexity index is 754. The van der Waals surface area contributed by atoms with Gasteiger partial charge in [-0.3, -0.25) is 4.79 Å². The summed E-state index contributed by atoms with van der Waals surface area (Å²) in [7, 11) is 0. The summed E-state index contributed by atoms with van der Waals surface area (Å²) in [5.41, 5.74) is 1.43. The molecule has 3 rings (SSSR count). The number of amides is 1. The number of thioether (sulfide) groups is 1. The number of carbonyl (C=O) groups is 1. The Morgan fingerprint density at radius 2 is 2.00 bits per heavy atom. The number of rotatable bonds is 5. The second-order valence-electron chi connectivity index (χ2n) is 6.87. The van der Waals surface area contributed by atoms with Gasteiger partial charge in [-0.05, 0) is 51.0 Å². The number of nitrogens with zero attached hydrogens (tertiary/aromatic N) is 2. The van der Waals surface area contributed by atoms with Crippen LogP contribution in [0.2, 0.25) is 0 Å². The van der Waals surface area contributed by atoms with E-state index < -0.39 is 0 Å². The van der Waals surface area contributed by atoms with E-state index in [9.17, 15) is 4.79 Å². The molecule has 0 saturated carbocycles. The summed E-state index contributed by atoms with van der Waals surface area (Å²) < 4.78 is 0. The van der Waals surface area contributed by atoms with Gasteiger partial charge in [0.1, 0.15) is 15.7 Å². The van der Waals surface area contributed by atoms with E-state index in [1.807, 2.05) is 25.2 Å². The largest absolute Gasteiger partial charge is 0.355 e. The molecule has 0 aromatic carbocycles. The number of aryl methyl sites for hydroxylation is 3. The molecule has 0 aliphatic heterocycles. The first-order valence-electron chi connectivity index (χ1n) is 8.69. The van der Waals surface area contributed by atoms with Gasteiger partial charge in [0.05, 0.1) is 5.25 Å². The molecule has 1 N–H and O–H groups in total. The van der Waals surface area contributed by atoms with Crippen molar-refractivity contribution in [3.63, 3.8) is 0 Å². The average Bonchev–Trinajstić information content (AvgIpc) is 2.90. The van der Waals surface area contributed by atoms with E-state index in [0.29, 0.717) is 5.92 Å². The van der Waals surface area contributed by atoms with Crippen molar-refractivity contribution in [3.05, 3.63) is 16.3 Å². The van der Waals surface area contributed by atoms with Crippen LogP contribution in [-0.2, 0) is 17.6 Å². The second-order valence-corrected chi connectivity index (χ2v) is 9.28. The predicted molar refractivity (Wildman–Crippen MR) is 102 cm³/mol. The van der Waals surface area contributed by atoms with E-state index >= 15 is 0 Å². The molecular weight excluding hydrogens is 338 g/mol. The molecule has 0 spiro atoms. The molecule has 24 heavy (non-hydrogen) atoms. The molecule has 0 saturated heterocycles. The highest BCUT2D eigenvalue weighted by molar-refractivity contribution is 8.00. The van der Waals surface area contributed by atoms with Crippen molar-refractivity contribution in [2.45, 2.75) is 63.7 Å². The molecule has 0 radical (unpaired) electrons. The highest BCUT2D eigenvalue weighted by Crippen LogP contribution is 2.40. The fraction of sp³-hybridized carbons (Fsp3) is 0.611. The first kappa shape index (κ1) is 17.7. The average molecular weight is 364 g/mol. The van der Waals surface area contributed by atoms with Crippen molar-refractivity contribution >= 4 is 39.2 Å². The standard InChI is InChI=1S/C18H25N3OS2/c1-10(2)9-19-16(22)11(3)23-17-15-13-7-5-6-8-14(13)24-18(15)21-12(4)20-17/h10-11H,5-9H2,1-4H3,(H,19,22)/t11-/m1/s1. The molecule has 0 fully saturated rings. The lowest BCUT2D eigenvalue weighted by Crippen LogP contribution is -2.33. The van der Waals surface area contributed by atoms with Crippen molar-refractivity contribution in [1.29, 1.82) is 0 Å². The minimum absolute atomic E-state index is 0.0854. The van der Waals surface area contributed by atoms with Crippen molar-refractivity contribution in [2.24, 2.45) is 5.92 Å².